The molecule has 0 unspecified atom stereocenters. The van der Waals surface area contributed by atoms with Crippen LogP contribution < -0.4 is 15.0 Å². The third-order valence-electron chi connectivity index (χ3n) is 3.24. The number of ether oxygens (including phenoxy) is 2. The van der Waals surface area contributed by atoms with E-state index in [2.05, 4.69) is 15.3 Å². The molecule has 1 aromatic carbocycles. The summed E-state index contributed by atoms with van der Waals surface area (Å²) in [5.41, 5.74) is 0.0286. The molecule has 0 saturated heterocycles. The Hall–Kier alpha value is -3.01. The molecular weight excluding hydrogens is 348 g/mol. The van der Waals surface area contributed by atoms with Gasteiger partial charge in [0.1, 0.15) is 5.69 Å². The summed E-state index contributed by atoms with van der Waals surface area (Å²) in [6.07, 6.45) is 1.14. The highest BCUT2D eigenvalue weighted by atomic mass is 32.1. The van der Waals surface area contributed by atoms with E-state index in [1.807, 2.05) is 0 Å². The molecule has 0 aliphatic carbocycles. The van der Waals surface area contributed by atoms with E-state index in [0.29, 0.717) is 17.1 Å². The number of aromatic amines is 1. The number of nitrogens with one attached hydrogen (secondary N) is 1. The maximum Gasteiger partial charge on any atom is 0.303 e. The van der Waals surface area contributed by atoms with Crippen LogP contribution in [0.5, 0.6) is 11.5 Å². The van der Waals surface area contributed by atoms with Crippen molar-refractivity contribution in [3.8, 4) is 11.5 Å². The van der Waals surface area contributed by atoms with Gasteiger partial charge < -0.3 is 14.6 Å². The van der Waals surface area contributed by atoms with Crippen LogP contribution in [0, 0.1) is 4.77 Å². The van der Waals surface area contributed by atoms with Gasteiger partial charge in [-0.2, -0.15) is 14.9 Å². The van der Waals surface area contributed by atoms with Crippen LogP contribution in [0.4, 0.5) is 0 Å². The molecule has 0 spiro atoms. The number of aromatic nitrogens is 3. The number of aliphatic carboxylic acids is 1. The molecule has 0 saturated carbocycles. The Labute approximate surface area is 147 Å². The number of hydrogen-bond acceptors (Lipinski definition) is 7. The van der Waals surface area contributed by atoms with Crippen molar-refractivity contribution >= 4 is 24.4 Å². The van der Waals surface area contributed by atoms with Crippen LogP contribution in [0.3, 0.4) is 0 Å². The zero-order chi connectivity index (χ0) is 18.4. The third kappa shape index (κ3) is 4.29. The highest BCUT2D eigenvalue weighted by Crippen LogP contribution is 2.29. The van der Waals surface area contributed by atoms with Gasteiger partial charge in [0, 0.05) is 12.0 Å². The first-order valence-electron chi connectivity index (χ1n) is 7.15. The Morgan fingerprint density at radius 2 is 2.20 bits per heavy atom. The molecule has 2 N–H and O–H groups in total. The number of para-hydroxylation sites is 1. The predicted octanol–water partition coefficient (Wildman–Crippen LogP) is 1.22. The van der Waals surface area contributed by atoms with Gasteiger partial charge >= 0.3 is 5.97 Å². The number of carboxylic acids is 1. The van der Waals surface area contributed by atoms with Crippen molar-refractivity contribution in [2.45, 2.75) is 12.8 Å². The second-order valence-corrected chi connectivity index (χ2v) is 5.20. The van der Waals surface area contributed by atoms with Gasteiger partial charge in [0.05, 0.1) is 26.9 Å². The molecule has 2 rings (SSSR count). The van der Waals surface area contributed by atoms with Gasteiger partial charge in [-0.25, -0.2) is 0 Å². The Balaban J connectivity index is 2.42. The average Bonchev–Trinajstić information content (AvgIpc) is 2.60. The van der Waals surface area contributed by atoms with Gasteiger partial charge in [0.2, 0.25) is 4.77 Å². The van der Waals surface area contributed by atoms with Gasteiger partial charge in [-0.1, -0.05) is 6.07 Å². The number of rotatable bonds is 7. The smallest absolute Gasteiger partial charge is 0.303 e. The molecule has 0 aliphatic rings. The van der Waals surface area contributed by atoms with E-state index in [-0.39, 0.29) is 23.3 Å². The van der Waals surface area contributed by atoms with Gasteiger partial charge in [-0.3, -0.25) is 14.7 Å². The fraction of sp³-hybridized carbons (Fsp3) is 0.267. The van der Waals surface area contributed by atoms with Crippen LogP contribution in [-0.2, 0) is 11.2 Å². The standard InChI is InChI=1S/C15H16N4O5S/c1-23-11-5-3-4-9(13(11)24-2)8-16-19-14(22)10(6-7-12(20)21)17-18-15(19)25/h3-5,8H,6-7H2,1-2H3,(H,18,25)(H,20,21)/b16-8-. The fourth-order valence-electron chi connectivity index (χ4n) is 2.05. The van der Waals surface area contributed by atoms with E-state index in [4.69, 9.17) is 26.8 Å². The topological polar surface area (TPSA) is 119 Å². The minimum Gasteiger partial charge on any atom is -0.493 e. The molecule has 9 nitrogen and oxygen atoms in total. The minimum absolute atomic E-state index is 0.0119. The van der Waals surface area contributed by atoms with Gasteiger partial charge in [0.15, 0.2) is 11.5 Å². The normalized spacial score (nSPS) is 10.8. The van der Waals surface area contributed by atoms with Crippen molar-refractivity contribution in [2.24, 2.45) is 5.10 Å². The van der Waals surface area contributed by atoms with Crippen LogP contribution in [0.1, 0.15) is 17.7 Å². The zero-order valence-corrected chi connectivity index (χ0v) is 14.4. The number of hydrogen-bond donors (Lipinski definition) is 2. The van der Waals surface area contributed by atoms with E-state index in [1.165, 1.54) is 20.4 Å². The SMILES string of the molecule is COc1cccc(/C=N\n2c(=S)[nH]nc(CCC(=O)O)c2=O)c1OC. The first-order valence-corrected chi connectivity index (χ1v) is 7.56. The summed E-state index contributed by atoms with van der Waals surface area (Å²) in [6.45, 7) is 0. The summed E-state index contributed by atoms with van der Waals surface area (Å²) in [6, 6.07) is 5.21. The molecule has 0 atom stereocenters. The highest BCUT2D eigenvalue weighted by molar-refractivity contribution is 7.71. The molecule has 0 bridgehead atoms. The largest absolute Gasteiger partial charge is 0.493 e. The molecule has 0 amide bonds. The molecule has 10 heteroatoms. The molecule has 25 heavy (non-hydrogen) atoms. The molecule has 0 aliphatic heterocycles. The van der Waals surface area contributed by atoms with E-state index in [0.717, 1.165) is 4.68 Å². The van der Waals surface area contributed by atoms with E-state index < -0.39 is 11.5 Å². The second-order valence-electron chi connectivity index (χ2n) is 4.81. The Morgan fingerprint density at radius 3 is 2.84 bits per heavy atom. The maximum atomic E-state index is 12.4. The highest BCUT2D eigenvalue weighted by Gasteiger charge is 2.10. The number of methoxy groups -OCH3 is 2. The number of H-pyrrole nitrogens is 1. The van der Waals surface area contributed by atoms with Gasteiger partial charge in [-0.15, -0.1) is 0 Å². The second kappa shape index (κ2) is 8.20. The number of aryl methyl sites for hydroxylation is 1. The fourth-order valence-corrected chi connectivity index (χ4v) is 2.23. The lowest BCUT2D eigenvalue weighted by Crippen LogP contribution is -2.25. The zero-order valence-electron chi connectivity index (χ0n) is 13.6. The van der Waals surface area contributed by atoms with Crippen molar-refractivity contribution in [1.82, 2.24) is 14.9 Å². The Morgan fingerprint density at radius 1 is 1.44 bits per heavy atom. The number of carbonyl (C=O) groups is 1. The van der Waals surface area contributed by atoms with Crippen molar-refractivity contribution in [3.05, 3.63) is 44.6 Å². The third-order valence-corrected chi connectivity index (χ3v) is 3.50. The summed E-state index contributed by atoms with van der Waals surface area (Å²) in [5.74, 6) is -0.0579. The minimum atomic E-state index is -1.03. The lowest BCUT2D eigenvalue weighted by molar-refractivity contribution is -0.136. The summed E-state index contributed by atoms with van der Waals surface area (Å²) < 4.78 is 11.4. The summed E-state index contributed by atoms with van der Waals surface area (Å²) in [5, 5.41) is 19.1. The van der Waals surface area contributed by atoms with Crippen LogP contribution in [0.25, 0.3) is 0 Å². The quantitative estimate of drug-likeness (QED) is 0.560. The lowest BCUT2D eigenvalue weighted by atomic mass is 10.2. The predicted molar refractivity (Wildman–Crippen MR) is 92.2 cm³/mol. The van der Waals surface area contributed by atoms with Crippen LogP contribution >= 0.6 is 12.2 Å². The average molecular weight is 364 g/mol. The Kier molecular flexibility index (Phi) is 6.01. The molecule has 132 valence electrons. The van der Waals surface area contributed by atoms with Crippen LogP contribution in [-0.4, -0.2) is 46.4 Å². The molecule has 2 aromatic rings. The van der Waals surface area contributed by atoms with Crippen LogP contribution in [0.15, 0.2) is 28.1 Å². The molecule has 1 aromatic heterocycles. The van der Waals surface area contributed by atoms with Crippen LogP contribution in [0.2, 0.25) is 0 Å². The van der Waals surface area contributed by atoms with Gasteiger partial charge in [0.25, 0.3) is 5.56 Å². The van der Waals surface area contributed by atoms with E-state index in [1.54, 1.807) is 18.2 Å². The van der Waals surface area contributed by atoms with E-state index >= 15 is 0 Å². The molecular formula is C15H16N4O5S. The lowest BCUT2D eigenvalue weighted by Gasteiger charge is -2.09. The maximum absolute atomic E-state index is 12.4. The van der Waals surface area contributed by atoms with Gasteiger partial charge in [-0.05, 0) is 24.4 Å². The number of nitrogens with zero attached hydrogens (tertiary/aromatic N) is 3. The molecule has 0 fully saturated rings. The summed E-state index contributed by atoms with van der Waals surface area (Å²) in [7, 11) is 3.00. The summed E-state index contributed by atoms with van der Waals surface area (Å²) in [4.78, 5) is 23.0. The van der Waals surface area contributed by atoms with Crippen molar-refractivity contribution in [3.63, 3.8) is 0 Å². The van der Waals surface area contributed by atoms with E-state index in [9.17, 15) is 9.59 Å². The molecule has 1 heterocycles. The monoisotopic (exact) mass is 364 g/mol. The van der Waals surface area contributed by atoms with Crippen molar-refractivity contribution in [1.29, 1.82) is 0 Å². The first kappa shape index (κ1) is 18.3. The summed E-state index contributed by atoms with van der Waals surface area (Å²) >= 11 is 5.02. The number of benzene rings is 1. The Bertz CT molecular complexity index is 919. The van der Waals surface area contributed by atoms with Crippen molar-refractivity contribution < 1.29 is 19.4 Å². The molecule has 0 radical (unpaired) electrons. The first-order chi connectivity index (χ1) is 12.0. The van der Waals surface area contributed by atoms with Crippen molar-refractivity contribution in [2.75, 3.05) is 14.2 Å². The number of carboxylic acid groups (broad SMARTS) is 1.